The van der Waals surface area contributed by atoms with Crippen LogP contribution in [0.2, 0.25) is 5.02 Å². The highest BCUT2D eigenvalue weighted by Gasteiger charge is 2.10. The van der Waals surface area contributed by atoms with Crippen LogP contribution in [-0.2, 0) is 0 Å². The van der Waals surface area contributed by atoms with Gasteiger partial charge in [0.05, 0.1) is 5.02 Å². The van der Waals surface area contributed by atoms with E-state index in [0.717, 1.165) is 0 Å². The Bertz CT molecular complexity index is 289. The van der Waals surface area contributed by atoms with Gasteiger partial charge in [0.1, 0.15) is 0 Å². The number of rotatable bonds is 2. The molecule has 0 N–H and O–H groups in total. The van der Waals surface area contributed by atoms with Gasteiger partial charge in [-0.1, -0.05) is 17.7 Å². The van der Waals surface area contributed by atoms with E-state index in [2.05, 4.69) is 4.74 Å². The van der Waals surface area contributed by atoms with E-state index in [9.17, 15) is 8.78 Å². The number of aryl methyl sites for hydroxylation is 1. The SMILES string of the molecule is Cc1ccc(Cl)c(OCF)c1F. The van der Waals surface area contributed by atoms with Crippen LogP contribution in [0.4, 0.5) is 8.78 Å². The lowest BCUT2D eigenvalue weighted by molar-refractivity contribution is 0.184. The molecule has 1 nitrogen and oxygen atoms in total. The van der Waals surface area contributed by atoms with E-state index < -0.39 is 12.7 Å². The fraction of sp³-hybridized carbons (Fsp3) is 0.250. The van der Waals surface area contributed by atoms with Crippen molar-refractivity contribution in [1.82, 2.24) is 0 Å². The smallest absolute Gasteiger partial charge is 0.228 e. The van der Waals surface area contributed by atoms with Crippen molar-refractivity contribution >= 4 is 11.6 Å². The van der Waals surface area contributed by atoms with Crippen molar-refractivity contribution in [1.29, 1.82) is 0 Å². The summed E-state index contributed by atoms with van der Waals surface area (Å²) in [4.78, 5) is 0. The van der Waals surface area contributed by atoms with Crippen molar-refractivity contribution in [2.24, 2.45) is 0 Å². The molecule has 0 bridgehead atoms. The summed E-state index contributed by atoms with van der Waals surface area (Å²) in [5.41, 5.74) is 0.378. The van der Waals surface area contributed by atoms with Crippen molar-refractivity contribution in [3.8, 4) is 5.75 Å². The zero-order valence-electron chi connectivity index (χ0n) is 6.40. The summed E-state index contributed by atoms with van der Waals surface area (Å²) >= 11 is 5.55. The molecule has 0 unspecified atom stereocenters. The molecule has 0 aliphatic heterocycles. The number of hydrogen-bond donors (Lipinski definition) is 0. The Kier molecular flexibility index (Phi) is 2.87. The van der Waals surface area contributed by atoms with Gasteiger partial charge in [-0.05, 0) is 18.6 Å². The van der Waals surface area contributed by atoms with Gasteiger partial charge < -0.3 is 4.74 Å². The molecule has 0 heterocycles. The van der Waals surface area contributed by atoms with Crippen molar-refractivity contribution < 1.29 is 13.5 Å². The molecule has 1 aromatic rings. The fourth-order valence-corrected chi connectivity index (χ4v) is 1.02. The first-order valence-electron chi connectivity index (χ1n) is 3.30. The van der Waals surface area contributed by atoms with Crippen molar-refractivity contribution in [3.05, 3.63) is 28.5 Å². The van der Waals surface area contributed by atoms with Crippen LogP contribution < -0.4 is 4.74 Å². The van der Waals surface area contributed by atoms with Gasteiger partial charge in [-0.3, -0.25) is 0 Å². The van der Waals surface area contributed by atoms with Crippen molar-refractivity contribution in [2.45, 2.75) is 6.92 Å². The molecule has 1 rings (SSSR count). The maximum absolute atomic E-state index is 13.1. The molecule has 0 saturated heterocycles. The molecule has 0 atom stereocenters. The zero-order chi connectivity index (χ0) is 9.14. The van der Waals surface area contributed by atoms with Crippen LogP contribution >= 0.6 is 11.6 Å². The van der Waals surface area contributed by atoms with Gasteiger partial charge >= 0.3 is 0 Å². The molecule has 1 aromatic carbocycles. The fourth-order valence-electron chi connectivity index (χ4n) is 0.818. The Labute approximate surface area is 73.9 Å². The number of hydrogen-bond acceptors (Lipinski definition) is 1. The molecular weight excluding hydrogens is 186 g/mol. The lowest BCUT2D eigenvalue weighted by Gasteiger charge is -2.06. The van der Waals surface area contributed by atoms with Gasteiger partial charge in [-0.15, -0.1) is 0 Å². The van der Waals surface area contributed by atoms with Crippen LogP contribution in [0, 0.1) is 12.7 Å². The van der Waals surface area contributed by atoms with Gasteiger partial charge in [0, 0.05) is 0 Å². The molecule has 0 radical (unpaired) electrons. The van der Waals surface area contributed by atoms with E-state index in [1.807, 2.05) is 0 Å². The topological polar surface area (TPSA) is 9.23 Å². The minimum Gasteiger partial charge on any atom is -0.458 e. The second-order valence-corrected chi connectivity index (χ2v) is 2.67. The summed E-state index contributed by atoms with van der Waals surface area (Å²) in [6, 6.07) is 2.97. The third-order valence-corrected chi connectivity index (χ3v) is 1.74. The Balaban J connectivity index is 3.14. The van der Waals surface area contributed by atoms with Gasteiger partial charge in [0.2, 0.25) is 6.86 Å². The monoisotopic (exact) mass is 192 g/mol. The van der Waals surface area contributed by atoms with Crippen LogP contribution in [-0.4, -0.2) is 6.86 Å². The molecule has 0 aromatic heterocycles. The average molecular weight is 193 g/mol. The third-order valence-electron chi connectivity index (χ3n) is 1.44. The van der Waals surface area contributed by atoms with Crippen molar-refractivity contribution in [3.63, 3.8) is 0 Å². The Morgan fingerprint density at radius 3 is 2.75 bits per heavy atom. The predicted octanol–water partition coefficient (Wildman–Crippen LogP) is 3.09. The minimum atomic E-state index is -1.08. The normalized spacial score (nSPS) is 10.0. The first-order valence-corrected chi connectivity index (χ1v) is 3.68. The molecule has 0 spiro atoms. The summed E-state index contributed by atoms with van der Waals surface area (Å²) in [5, 5.41) is 0.0794. The highest BCUT2D eigenvalue weighted by molar-refractivity contribution is 6.32. The molecule has 12 heavy (non-hydrogen) atoms. The molecular formula is C8H7ClF2O. The van der Waals surface area contributed by atoms with Crippen LogP contribution in [0.1, 0.15) is 5.56 Å². The second-order valence-electron chi connectivity index (χ2n) is 2.26. The standard InChI is InChI=1S/C8H7ClF2O/c1-5-2-3-6(9)8(7(5)11)12-4-10/h2-3H,4H2,1H3. The van der Waals surface area contributed by atoms with Crippen LogP contribution in [0.5, 0.6) is 5.75 Å². The first kappa shape index (κ1) is 9.26. The minimum absolute atomic E-state index is 0.0794. The summed E-state index contributed by atoms with van der Waals surface area (Å²) < 4.78 is 29.2. The van der Waals surface area contributed by atoms with Crippen LogP contribution in [0.15, 0.2) is 12.1 Å². The summed E-state index contributed by atoms with van der Waals surface area (Å²) in [6.07, 6.45) is 0. The summed E-state index contributed by atoms with van der Waals surface area (Å²) in [6.45, 7) is 0.469. The molecule has 4 heteroatoms. The lowest BCUT2D eigenvalue weighted by Crippen LogP contribution is -1.96. The zero-order valence-corrected chi connectivity index (χ0v) is 7.16. The molecule has 66 valence electrons. The summed E-state index contributed by atoms with van der Waals surface area (Å²) in [7, 11) is 0. The number of ether oxygens (including phenoxy) is 1. The van der Waals surface area contributed by atoms with E-state index >= 15 is 0 Å². The van der Waals surface area contributed by atoms with E-state index in [4.69, 9.17) is 11.6 Å². The van der Waals surface area contributed by atoms with Gasteiger partial charge in [0.25, 0.3) is 0 Å². The average Bonchev–Trinajstić information content (AvgIpc) is 2.06. The lowest BCUT2D eigenvalue weighted by atomic mass is 10.2. The quantitative estimate of drug-likeness (QED) is 0.700. The molecule has 0 fully saturated rings. The maximum Gasteiger partial charge on any atom is 0.228 e. The molecule has 0 saturated carbocycles. The van der Waals surface area contributed by atoms with E-state index in [0.29, 0.717) is 5.56 Å². The number of halogens is 3. The van der Waals surface area contributed by atoms with E-state index in [1.54, 1.807) is 6.92 Å². The van der Waals surface area contributed by atoms with E-state index in [1.165, 1.54) is 12.1 Å². The third kappa shape index (κ3) is 1.67. The Hall–Kier alpha value is -0.830. The highest BCUT2D eigenvalue weighted by Crippen LogP contribution is 2.29. The largest absolute Gasteiger partial charge is 0.458 e. The van der Waals surface area contributed by atoms with Crippen molar-refractivity contribution in [2.75, 3.05) is 6.86 Å². The van der Waals surface area contributed by atoms with Gasteiger partial charge in [-0.25, -0.2) is 8.78 Å². The Morgan fingerprint density at radius 1 is 1.50 bits per heavy atom. The predicted molar refractivity (Wildman–Crippen MR) is 42.8 cm³/mol. The molecule has 0 amide bonds. The van der Waals surface area contributed by atoms with Crippen LogP contribution in [0.25, 0.3) is 0 Å². The second kappa shape index (κ2) is 3.72. The van der Waals surface area contributed by atoms with Crippen LogP contribution in [0.3, 0.4) is 0 Å². The first-order chi connectivity index (χ1) is 5.66. The number of benzene rings is 1. The molecule has 0 aliphatic rings. The molecule has 0 aliphatic carbocycles. The Morgan fingerprint density at radius 2 is 2.17 bits per heavy atom. The maximum atomic E-state index is 13.1. The number of alkyl halides is 1. The summed E-state index contributed by atoms with van der Waals surface area (Å²) in [5.74, 6) is -0.834. The van der Waals surface area contributed by atoms with E-state index in [-0.39, 0.29) is 10.8 Å². The van der Waals surface area contributed by atoms with Gasteiger partial charge in [0.15, 0.2) is 11.6 Å². The highest BCUT2D eigenvalue weighted by atomic mass is 35.5. The van der Waals surface area contributed by atoms with Gasteiger partial charge in [-0.2, -0.15) is 0 Å².